The zero-order valence-electron chi connectivity index (χ0n) is 15.9. The van der Waals surface area contributed by atoms with E-state index in [0.29, 0.717) is 17.7 Å². The Morgan fingerprint density at radius 2 is 1.75 bits per heavy atom. The fraction of sp³-hybridized carbons (Fsp3) is 0.261. The lowest BCUT2D eigenvalue weighted by Gasteiger charge is -2.22. The Hall–Kier alpha value is -3.21. The van der Waals surface area contributed by atoms with Crippen molar-refractivity contribution in [3.05, 3.63) is 71.8 Å². The van der Waals surface area contributed by atoms with E-state index in [9.17, 15) is 14.4 Å². The van der Waals surface area contributed by atoms with Crippen molar-refractivity contribution < 1.29 is 14.4 Å². The number of hydrogen-bond acceptors (Lipinski definition) is 3. The zero-order valence-corrected chi connectivity index (χ0v) is 15.9. The Morgan fingerprint density at radius 3 is 2.43 bits per heavy atom. The Morgan fingerprint density at radius 1 is 1.04 bits per heavy atom. The number of carbonyl (C=O) groups is 3. The standard InChI is InChI=1S/C23H22N2O3/c1-14-6-3-4-9-19(14)24-21(26)16-10-12-17(13-11-16)25-22(27)18-8-5-7-15(2)20(18)23(25)28/h3-7,9-13,15,18,20H,8H2,1-2H3,(H,24,26)/t15-,18-,20-/m0/s1. The van der Waals surface area contributed by atoms with Crippen LogP contribution in [0.3, 0.4) is 0 Å². The summed E-state index contributed by atoms with van der Waals surface area (Å²) in [5, 5.41) is 2.88. The van der Waals surface area contributed by atoms with Crippen LogP contribution in [-0.2, 0) is 9.59 Å². The molecule has 0 spiro atoms. The highest BCUT2D eigenvalue weighted by molar-refractivity contribution is 6.22. The van der Waals surface area contributed by atoms with Crippen LogP contribution in [0.5, 0.6) is 0 Å². The number of nitrogens with zero attached hydrogens (tertiary/aromatic N) is 1. The third-order valence-corrected chi connectivity index (χ3v) is 5.65. The molecule has 4 rings (SSSR count). The van der Waals surface area contributed by atoms with E-state index >= 15 is 0 Å². The number of fused-ring (bicyclic) bond motifs is 1. The molecule has 1 fully saturated rings. The first-order chi connectivity index (χ1) is 13.5. The van der Waals surface area contributed by atoms with Crippen LogP contribution >= 0.6 is 0 Å². The molecular weight excluding hydrogens is 352 g/mol. The fourth-order valence-corrected chi connectivity index (χ4v) is 4.07. The predicted molar refractivity (Wildman–Crippen MR) is 108 cm³/mol. The molecule has 1 N–H and O–H groups in total. The molecule has 2 aromatic carbocycles. The first kappa shape index (κ1) is 18.2. The van der Waals surface area contributed by atoms with Gasteiger partial charge >= 0.3 is 0 Å². The molecule has 1 aliphatic carbocycles. The van der Waals surface area contributed by atoms with Gasteiger partial charge in [0.2, 0.25) is 11.8 Å². The van der Waals surface area contributed by atoms with E-state index in [1.54, 1.807) is 24.3 Å². The molecule has 0 saturated carbocycles. The van der Waals surface area contributed by atoms with Gasteiger partial charge in [-0.3, -0.25) is 19.3 Å². The van der Waals surface area contributed by atoms with Gasteiger partial charge in [0.1, 0.15) is 0 Å². The van der Waals surface area contributed by atoms with Crippen LogP contribution in [-0.4, -0.2) is 17.7 Å². The fourth-order valence-electron chi connectivity index (χ4n) is 4.07. The molecule has 142 valence electrons. The van der Waals surface area contributed by atoms with Crippen LogP contribution in [0.4, 0.5) is 11.4 Å². The number of carbonyl (C=O) groups excluding carboxylic acids is 3. The van der Waals surface area contributed by atoms with Crippen molar-refractivity contribution in [1.82, 2.24) is 0 Å². The van der Waals surface area contributed by atoms with E-state index in [1.807, 2.05) is 50.3 Å². The highest BCUT2D eigenvalue weighted by Gasteiger charge is 2.50. The molecule has 5 heteroatoms. The number of nitrogens with one attached hydrogen (secondary N) is 1. The van der Waals surface area contributed by atoms with E-state index in [2.05, 4.69) is 5.32 Å². The summed E-state index contributed by atoms with van der Waals surface area (Å²) >= 11 is 0. The minimum Gasteiger partial charge on any atom is -0.322 e. The summed E-state index contributed by atoms with van der Waals surface area (Å²) in [6, 6.07) is 14.2. The molecule has 1 aliphatic heterocycles. The molecule has 3 atom stereocenters. The summed E-state index contributed by atoms with van der Waals surface area (Å²) in [6.07, 6.45) is 4.60. The summed E-state index contributed by atoms with van der Waals surface area (Å²) in [5.74, 6) is -1.05. The van der Waals surface area contributed by atoms with Crippen LogP contribution in [0.25, 0.3) is 0 Å². The summed E-state index contributed by atoms with van der Waals surface area (Å²) in [7, 11) is 0. The average Bonchev–Trinajstić information content (AvgIpc) is 2.95. The van der Waals surface area contributed by atoms with Gasteiger partial charge in [-0.05, 0) is 55.2 Å². The van der Waals surface area contributed by atoms with Gasteiger partial charge in [-0.25, -0.2) is 0 Å². The summed E-state index contributed by atoms with van der Waals surface area (Å²) in [4.78, 5) is 39.4. The van der Waals surface area contributed by atoms with E-state index < -0.39 is 0 Å². The first-order valence-corrected chi connectivity index (χ1v) is 9.49. The van der Waals surface area contributed by atoms with Gasteiger partial charge in [0.15, 0.2) is 0 Å². The van der Waals surface area contributed by atoms with Gasteiger partial charge < -0.3 is 5.32 Å². The maximum Gasteiger partial charge on any atom is 0.255 e. The van der Waals surface area contributed by atoms with Gasteiger partial charge in [-0.1, -0.05) is 37.3 Å². The number of benzene rings is 2. The quantitative estimate of drug-likeness (QED) is 0.653. The smallest absolute Gasteiger partial charge is 0.255 e. The van der Waals surface area contributed by atoms with Crippen molar-refractivity contribution in [3.8, 4) is 0 Å². The number of hydrogen-bond donors (Lipinski definition) is 1. The maximum atomic E-state index is 12.9. The molecule has 0 unspecified atom stereocenters. The number of rotatable bonds is 3. The first-order valence-electron chi connectivity index (χ1n) is 9.49. The van der Waals surface area contributed by atoms with E-state index in [4.69, 9.17) is 0 Å². The number of aryl methyl sites for hydroxylation is 1. The van der Waals surface area contributed by atoms with E-state index in [0.717, 1.165) is 11.3 Å². The van der Waals surface area contributed by atoms with Crippen LogP contribution < -0.4 is 10.2 Å². The number of amides is 3. The van der Waals surface area contributed by atoms with Crippen LogP contribution in [0.1, 0.15) is 29.3 Å². The Balaban J connectivity index is 1.54. The molecule has 3 amide bonds. The zero-order chi connectivity index (χ0) is 19.8. The number of imide groups is 1. The number of para-hydroxylation sites is 1. The lowest BCUT2D eigenvalue weighted by Crippen LogP contribution is -2.31. The summed E-state index contributed by atoms with van der Waals surface area (Å²) in [6.45, 7) is 3.90. The summed E-state index contributed by atoms with van der Waals surface area (Å²) in [5.41, 5.74) is 2.72. The third-order valence-electron chi connectivity index (χ3n) is 5.65. The van der Waals surface area contributed by atoms with Crippen molar-refractivity contribution >= 4 is 29.1 Å². The molecule has 28 heavy (non-hydrogen) atoms. The van der Waals surface area contributed by atoms with Gasteiger partial charge in [-0.2, -0.15) is 0 Å². The van der Waals surface area contributed by atoms with Crippen LogP contribution in [0, 0.1) is 24.7 Å². The Bertz CT molecular complexity index is 978. The van der Waals surface area contributed by atoms with Crippen LogP contribution in [0.2, 0.25) is 0 Å². The van der Waals surface area contributed by atoms with Crippen LogP contribution in [0.15, 0.2) is 60.7 Å². The van der Waals surface area contributed by atoms with Gasteiger partial charge in [0.05, 0.1) is 17.5 Å². The van der Waals surface area contributed by atoms with Crippen molar-refractivity contribution in [2.45, 2.75) is 20.3 Å². The largest absolute Gasteiger partial charge is 0.322 e. The maximum absolute atomic E-state index is 12.9. The molecule has 0 aromatic heterocycles. The SMILES string of the molecule is Cc1ccccc1NC(=O)c1ccc(N2C(=O)[C@@H]3[C@H](CC=C[C@@H]3C)C2=O)cc1. The van der Waals surface area contributed by atoms with Gasteiger partial charge in [0, 0.05) is 11.3 Å². The monoisotopic (exact) mass is 374 g/mol. The molecule has 5 nitrogen and oxygen atoms in total. The molecular formula is C23H22N2O3. The Kier molecular flexibility index (Phi) is 4.59. The van der Waals surface area contributed by atoms with E-state index in [-0.39, 0.29) is 35.5 Å². The second-order valence-corrected chi connectivity index (χ2v) is 7.48. The van der Waals surface area contributed by atoms with Crippen molar-refractivity contribution in [2.24, 2.45) is 17.8 Å². The topological polar surface area (TPSA) is 66.5 Å². The van der Waals surface area contributed by atoms with Crippen molar-refractivity contribution in [3.63, 3.8) is 0 Å². The normalized spacial score (nSPS) is 23.6. The molecule has 0 bridgehead atoms. The second kappa shape index (κ2) is 7.08. The lowest BCUT2D eigenvalue weighted by molar-refractivity contribution is -0.122. The van der Waals surface area contributed by atoms with Crippen molar-refractivity contribution in [1.29, 1.82) is 0 Å². The predicted octanol–water partition coefficient (Wildman–Crippen LogP) is 3.95. The lowest BCUT2D eigenvalue weighted by atomic mass is 9.78. The second-order valence-electron chi connectivity index (χ2n) is 7.48. The highest BCUT2D eigenvalue weighted by Crippen LogP contribution is 2.40. The molecule has 2 aromatic rings. The number of allylic oxidation sites excluding steroid dienone is 2. The molecule has 1 saturated heterocycles. The van der Waals surface area contributed by atoms with Gasteiger partial charge in [0.25, 0.3) is 5.91 Å². The molecule has 2 aliphatic rings. The van der Waals surface area contributed by atoms with E-state index in [1.165, 1.54) is 4.90 Å². The Labute approximate surface area is 164 Å². The third kappa shape index (κ3) is 3.03. The number of anilines is 2. The van der Waals surface area contributed by atoms with Gasteiger partial charge in [-0.15, -0.1) is 0 Å². The minimum absolute atomic E-state index is 0.0550. The highest BCUT2D eigenvalue weighted by atomic mass is 16.2. The average molecular weight is 374 g/mol. The molecule has 1 heterocycles. The minimum atomic E-state index is -0.290. The summed E-state index contributed by atoms with van der Waals surface area (Å²) < 4.78 is 0. The molecule has 0 radical (unpaired) electrons. The van der Waals surface area contributed by atoms with Crippen molar-refractivity contribution in [2.75, 3.05) is 10.2 Å².